The van der Waals surface area contributed by atoms with Gasteiger partial charge in [0.1, 0.15) is 0 Å². The first kappa shape index (κ1) is 29.0. The van der Waals surface area contributed by atoms with Crippen LogP contribution >= 0.6 is 0 Å². The lowest BCUT2D eigenvalue weighted by molar-refractivity contribution is 0.0564. The van der Waals surface area contributed by atoms with Gasteiger partial charge in [-0.05, 0) is 73.0 Å². The summed E-state index contributed by atoms with van der Waals surface area (Å²) in [5.74, 6) is 0. The summed E-state index contributed by atoms with van der Waals surface area (Å²) in [6, 6.07) is 27.2. The quantitative estimate of drug-likeness (QED) is 0.334. The normalized spacial score (nSPS) is 15.2. The average molecular weight is 489 g/mol. The van der Waals surface area contributed by atoms with Gasteiger partial charge in [0.25, 0.3) is 0 Å². The highest BCUT2D eigenvalue weighted by atomic mass is 16.5. The molecule has 0 unspecified atom stereocenters. The van der Waals surface area contributed by atoms with E-state index in [0.717, 1.165) is 50.5 Å². The average Bonchev–Trinajstić information content (AvgIpc) is 3.39. The minimum absolute atomic E-state index is 0.347. The molecule has 194 valence electrons. The zero-order valence-electron chi connectivity index (χ0n) is 22.4. The standard InChI is InChI=1S/C13H13N.C12H16O.C4H8N2.C2H7N/c1-10-9-12(7-8-13(10)14)11-5-3-2-4-6-11;1-12(7-9-13-10-8-12)11-5-3-2-4-6-11;1-4-2-5-3-6-4;1-2-3/h2-9H,14H2,1H3;2-6H,7-10H2,1H3;2,5-6H,3H2,1H3;2-3H2,1H3. The van der Waals surface area contributed by atoms with Crippen molar-refractivity contribution in [3.63, 3.8) is 0 Å². The summed E-state index contributed by atoms with van der Waals surface area (Å²) >= 11 is 0. The molecular weight excluding hydrogens is 444 g/mol. The molecule has 0 spiro atoms. The van der Waals surface area contributed by atoms with Crippen molar-refractivity contribution in [3.05, 3.63) is 102 Å². The molecule has 5 heteroatoms. The van der Waals surface area contributed by atoms with E-state index in [1.807, 2.05) is 51.2 Å². The number of nitrogens with one attached hydrogen (secondary N) is 2. The lowest BCUT2D eigenvalue weighted by Gasteiger charge is -2.34. The van der Waals surface area contributed by atoms with E-state index >= 15 is 0 Å². The molecule has 5 rings (SSSR count). The summed E-state index contributed by atoms with van der Waals surface area (Å²) in [6.45, 7) is 11.8. The monoisotopic (exact) mass is 488 g/mol. The highest BCUT2D eigenvalue weighted by Crippen LogP contribution is 2.33. The van der Waals surface area contributed by atoms with Crippen molar-refractivity contribution in [3.8, 4) is 11.1 Å². The third kappa shape index (κ3) is 9.76. The van der Waals surface area contributed by atoms with Crippen molar-refractivity contribution in [2.24, 2.45) is 5.73 Å². The van der Waals surface area contributed by atoms with E-state index in [-0.39, 0.29) is 0 Å². The molecule has 2 aliphatic rings. The van der Waals surface area contributed by atoms with Crippen LogP contribution in [0.2, 0.25) is 0 Å². The number of hydrogen-bond donors (Lipinski definition) is 4. The van der Waals surface area contributed by atoms with Crippen LogP contribution in [0.25, 0.3) is 11.1 Å². The molecule has 0 radical (unpaired) electrons. The first-order chi connectivity index (χ1) is 17.4. The van der Waals surface area contributed by atoms with Crippen LogP contribution in [-0.2, 0) is 10.2 Å². The molecule has 0 saturated carbocycles. The second-order valence-corrected chi connectivity index (χ2v) is 9.27. The molecular formula is C31H44N4O. The summed E-state index contributed by atoms with van der Waals surface area (Å²) in [5.41, 5.74) is 18.1. The largest absolute Gasteiger partial charge is 0.399 e. The maximum absolute atomic E-state index is 5.77. The molecule has 1 saturated heterocycles. The van der Waals surface area contributed by atoms with E-state index < -0.39 is 0 Å². The van der Waals surface area contributed by atoms with Crippen LogP contribution in [0.3, 0.4) is 0 Å². The van der Waals surface area contributed by atoms with E-state index in [9.17, 15) is 0 Å². The lowest BCUT2D eigenvalue weighted by Crippen LogP contribution is -2.30. The van der Waals surface area contributed by atoms with Crippen LogP contribution in [0.4, 0.5) is 5.69 Å². The van der Waals surface area contributed by atoms with Crippen LogP contribution in [-0.4, -0.2) is 26.4 Å². The number of allylic oxidation sites excluding steroid dienone is 1. The van der Waals surface area contributed by atoms with E-state index in [1.165, 1.54) is 22.4 Å². The van der Waals surface area contributed by atoms with Gasteiger partial charge in [0.15, 0.2) is 0 Å². The second-order valence-electron chi connectivity index (χ2n) is 9.27. The molecule has 2 heterocycles. The predicted molar refractivity (Wildman–Crippen MR) is 154 cm³/mol. The Morgan fingerprint density at radius 3 is 1.92 bits per heavy atom. The van der Waals surface area contributed by atoms with Crippen molar-refractivity contribution in [1.29, 1.82) is 0 Å². The van der Waals surface area contributed by atoms with Gasteiger partial charge in [0.2, 0.25) is 0 Å². The predicted octanol–water partition coefficient (Wildman–Crippen LogP) is 5.96. The topological polar surface area (TPSA) is 85.3 Å². The Kier molecular flexibility index (Phi) is 12.6. The van der Waals surface area contributed by atoms with Gasteiger partial charge in [-0.1, -0.05) is 80.6 Å². The second kappa shape index (κ2) is 15.7. The number of hydrogen-bond acceptors (Lipinski definition) is 5. The molecule has 1 fully saturated rings. The van der Waals surface area contributed by atoms with E-state index in [2.05, 4.69) is 72.2 Å². The summed E-state index contributed by atoms with van der Waals surface area (Å²) in [6.07, 6.45) is 4.26. The molecule has 2 aliphatic heterocycles. The van der Waals surface area contributed by atoms with Gasteiger partial charge in [-0.15, -0.1) is 0 Å². The fraction of sp³-hybridized carbons (Fsp3) is 0.355. The minimum atomic E-state index is 0.347. The van der Waals surface area contributed by atoms with Gasteiger partial charge in [0.05, 0.1) is 6.67 Å². The number of nitrogen functional groups attached to an aromatic ring is 1. The van der Waals surface area contributed by atoms with Crippen LogP contribution < -0.4 is 22.1 Å². The van der Waals surface area contributed by atoms with Gasteiger partial charge in [0, 0.05) is 30.8 Å². The summed E-state index contributed by atoms with van der Waals surface area (Å²) < 4.78 is 5.39. The highest BCUT2D eigenvalue weighted by molar-refractivity contribution is 5.67. The number of aryl methyl sites for hydroxylation is 1. The third-order valence-corrected chi connectivity index (χ3v) is 6.23. The Morgan fingerprint density at radius 2 is 1.44 bits per heavy atom. The van der Waals surface area contributed by atoms with Gasteiger partial charge in [-0.2, -0.15) is 0 Å². The molecule has 6 N–H and O–H groups in total. The summed E-state index contributed by atoms with van der Waals surface area (Å²) in [4.78, 5) is 0. The number of rotatable bonds is 2. The minimum Gasteiger partial charge on any atom is -0.399 e. The van der Waals surface area contributed by atoms with E-state index in [1.54, 1.807) is 0 Å². The van der Waals surface area contributed by atoms with Crippen LogP contribution in [0.15, 0.2) is 90.8 Å². The molecule has 3 aromatic carbocycles. The number of nitrogens with two attached hydrogens (primary N) is 2. The van der Waals surface area contributed by atoms with Crippen molar-refractivity contribution < 1.29 is 4.74 Å². The van der Waals surface area contributed by atoms with Gasteiger partial charge in [-0.3, -0.25) is 0 Å². The number of benzene rings is 3. The smallest absolute Gasteiger partial charge is 0.0843 e. The molecule has 0 amide bonds. The van der Waals surface area contributed by atoms with Crippen molar-refractivity contribution in [2.75, 3.05) is 32.2 Å². The van der Waals surface area contributed by atoms with E-state index in [0.29, 0.717) is 5.41 Å². The summed E-state index contributed by atoms with van der Waals surface area (Å²) in [5, 5.41) is 6.07. The van der Waals surface area contributed by atoms with Crippen LogP contribution in [0.1, 0.15) is 44.7 Å². The molecule has 0 bridgehead atoms. The molecule has 0 aromatic heterocycles. The maximum atomic E-state index is 5.77. The molecule has 3 aromatic rings. The van der Waals surface area contributed by atoms with E-state index in [4.69, 9.17) is 16.2 Å². The van der Waals surface area contributed by atoms with Crippen molar-refractivity contribution >= 4 is 5.69 Å². The van der Waals surface area contributed by atoms with Crippen LogP contribution in [0.5, 0.6) is 0 Å². The maximum Gasteiger partial charge on any atom is 0.0843 e. The van der Waals surface area contributed by atoms with Crippen molar-refractivity contribution in [1.82, 2.24) is 10.6 Å². The summed E-state index contributed by atoms with van der Waals surface area (Å²) in [7, 11) is 0. The Morgan fingerprint density at radius 1 is 0.861 bits per heavy atom. The Bertz CT molecular complexity index is 1030. The van der Waals surface area contributed by atoms with Gasteiger partial charge < -0.3 is 26.8 Å². The lowest BCUT2D eigenvalue weighted by atomic mass is 9.76. The number of ether oxygens (including phenoxy) is 1. The molecule has 5 nitrogen and oxygen atoms in total. The molecule has 36 heavy (non-hydrogen) atoms. The zero-order valence-corrected chi connectivity index (χ0v) is 22.4. The first-order valence-corrected chi connectivity index (χ1v) is 12.8. The highest BCUT2D eigenvalue weighted by Gasteiger charge is 2.28. The van der Waals surface area contributed by atoms with Gasteiger partial charge >= 0.3 is 0 Å². The Labute approximate surface area is 217 Å². The fourth-order valence-corrected chi connectivity index (χ4v) is 3.88. The zero-order chi connectivity index (χ0) is 26.2. The van der Waals surface area contributed by atoms with Crippen LogP contribution in [0, 0.1) is 6.92 Å². The van der Waals surface area contributed by atoms with Gasteiger partial charge in [-0.25, -0.2) is 0 Å². The number of anilines is 1. The molecule has 0 atom stereocenters. The SMILES string of the molecule is CC1(c2ccccc2)CCOCC1.CC1=CNCN1.CCN.Cc1cc(-c2ccccc2)ccc1N. The molecule has 0 aliphatic carbocycles. The Hall–Kier alpha value is -3.28. The fourth-order valence-electron chi connectivity index (χ4n) is 3.88. The Balaban J connectivity index is 0.000000191. The van der Waals surface area contributed by atoms with Crippen molar-refractivity contribution in [2.45, 2.75) is 46.0 Å². The third-order valence-electron chi connectivity index (χ3n) is 6.23. The first-order valence-electron chi connectivity index (χ1n) is 12.8.